The fourth-order valence-electron chi connectivity index (χ4n) is 8.61. The van der Waals surface area contributed by atoms with Crippen molar-refractivity contribution in [1.29, 1.82) is 0 Å². The topological polar surface area (TPSA) is 165 Å². The van der Waals surface area contributed by atoms with Gasteiger partial charge in [0.25, 0.3) is 0 Å². The number of ether oxygens (including phenoxy) is 4. The molecule has 2 N–H and O–H groups in total. The van der Waals surface area contributed by atoms with Gasteiger partial charge in [-0.1, -0.05) is 55.6 Å². The molecule has 7 rings (SSSR count). The van der Waals surface area contributed by atoms with Gasteiger partial charge < -0.3 is 39.0 Å². The molecule has 2 saturated heterocycles. The quantitative estimate of drug-likeness (QED) is 0.109. The van der Waals surface area contributed by atoms with Crippen molar-refractivity contribution in [3.05, 3.63) is 90.8 Å². The molecule has 4 aromatic rings. The zero-order chi connectivity index (χ0) is 42.8. The number of hydrogen-bond donors (Lipinski definition) is 2. The fourth-order valence-corrected chi connectivity index (χ4v) is 8.61. The number of aliphatic imine (C=N–C) groups is 1. The number of fused-ring (bicyclic) bond motifs is 2. The lowest BCUT2D eigenvalue weighted by Crippen LogP contribution is -2.56. The fraction of sp³-hybridized carbons (Fsp3) is 0.391. The highest BCUT2D eigenvalue weighted by Gasteiger charge is 2.42. The maximum Gasteiger partial charge on any atom is 0.407 e. The van der Waals surface area contributed by atoms with E-state index in [2.05, 4.69) is 65.9 Å². The van der Waals surface area contributed by atoms with Gasteiger partial charge in [0, 0.05) is 44.0 Å². The average molecular weight is 817 g/mol. The largest absolute Gasteiger partial charge is 0.466 e. The van der Waals surface area contributed by atoms with Crippen LogP contribution in [0.2, 0.25) is 0 Å². The van der Waals surface area contributed by atoms with Gasteiger partial charge in [0.1, 0.15) is 11.9 Å². The molecule has 0 bridgehead atoms. The molecule has 3 aliphatic heterocycles. The summed E-state index contributed by atoms with van der Waals surface area (Å²) in [5.74, 6) is -1.33. The maximum atomic E-state index is 13.9. The van der Waals surface area contributed by atoms with E-state index in [1.165, 1.54) is 28.4 Å². The molecule has 314 valence electrons. The number of esters is 1. The van der Waals surface area contributed by atoms with Gasteiger partial charge in [0.05, 0.1) is 66.9 Å². The Morgan fingerprint density at radius 3 is 2.02 bits per heavy atom. The highest BCUT2D eigenvalue weighted by molar-refractivity contribution is 6.31. The third kappa shape index (κ3) is 7.96. The van der Waals surface area contributed by atoms with Crippen LogP contribution in [-0.4, -0.2) is 115 Å². The number of likely N-dealkylation sites (tertiary alicyclic amines) is 2. The van der Waals surface area contributed by atoms with E-state index in [1.807, 2.05) is 18.2 Å². The van der Waals surface area contributed by atoms with Crippen LogP contribution in [0.15, 0.2) is 84.4 Å². The molecule has 0 saturated carbocycles. The Kier molecular flexibility index (Phi) is 12.3. The Morgan fingerprint density at radius 2 is 1.38 bits per heavy atom. The second-order valence-electron chi connectivity index (χ2n) is 15.5. The first-order valence-corrected chi connectivity index (χ1v) is 20.2. The molecule has 14 nitrogen and oxygen atoms in total. The van der Waals surface area contributed by atoms with Crippen molar-refractivity contribution in [3.63, 3.8) is 0 Å². The third-order valence-electron chi connectivity index (χ3n) is 12.1. The number of rotatable bonds is 13. The zero-order valence-corrected chi connectivity index (χ0v) is 34.9. The van der Waals surface area contributed by atoms with E-state index in [-0.39, 0.29) is 29.5 Å². The molecule has 6 atom stereocenters. The number of carbonyl (C=O) groups is 4. The van der Waals surface area contributed by atoms with Crippen molar-refractivity contribution in [1.82, 2.24) is 25.1 Å². The van der Waals surface area contributed by atoms with Gasteiger partial charge in [0.15, 0.2) is 0 Å². The van der Waals surface area contributed by atoms with Crippen LogP contribution in [0.3, 0.4) is 0 Å². The van der Waals surface area contributed by atoms with Crippen LogP contribution >= 0.6 is 0 Å². The summed E-state index contributed by atoms with van der Waals surface area (Å²) >= 11 is 0. The maximum absolute atomic E-state index is 13.9. The molecular weight excluding hydrogens is 765 g/mol. The number of aromatic amines is 1. The smallest absolute Gasteiger partial charge is 0.407 e. The molecule has 2 fully saturated rings. The van der Waals surface area contributed by atoms with Gasteiger partial charge in [-0.25, -0.2) is 19.6 Å². The molecule has 0 aliphatic carbocycles. The number of alkyl carbamates (subject to hydrolysis) is 1. The van der Waals surface area contributed by atoms with E-state index in [1.54, 1.807) is 23.6 Å². The van der Waals surface area contributed by atoms with E-state index in [0.29, 0.717) is 18.9 Å². The SMILES string of the molecule is C=C1C([C@@H]2CCCN2C(=O)[C@@H](NC(=O)OC)[C@@H](C)OC)=Nc2cc(-c3ccc(-c4ccc5nc([C@@H]6CCCN6C(=O)[C@@H](C(=C)C(=O)OC)[C@@H](C)OC)[nH]c5c4)cc3)ccc21. The number of amides is 3. The third-order valence-corrected chi connectivity index (χ3v) is 12.1. The Labute approximate surface area is 349 Å². The van der Waals surface area contributed by atoms with Crippen molar-refractivity contribution in [2.75, 3.05) is 41.5 Å². The second kappa shape index (κ2) is 17.6. The van der Waals surface area contributed by atoms with Gasteiger partial charge in [-0.3, -0.25) is 9.59 Å². The monoisotopic (exact) mass is 816 g/mol. The lowest BCUT2D eigenvalue weighted by atomic mass is 9.93. The van der Waals surface area contributed by atoms with Gasteiger partial charge in [-0.05, 0) is 80.0 Å². The standard InChI is InChI=1S/C46H52N6O8/c1-25-33-19-17-31(23-35(33)47-40(25)37-11-9-21-51(37)44(54)41(28(4)58-6)50-46(56)60-8)29-13-15-30(16-14-29)32-18-20-34-36(24-32)49-42(48-34)38-12-10-22-52(38)43(53)39(27(3)57-5)26(2)45(55)59-7/h13-20,23-24,27-28,37-39,41H,1-2,9-12,21-22H2,3-8H3,(H,48,49)(H,50,56)/t27-,28-,37+,38+,39+,41+/m1/s1. The highest BCUT2D eigenvalue weighted by atomic mass is 16.5. The molecule has 0 spiro atoms. The summed E-state index contributed by atoms with van der Waals surface area (Å²) in [7, 11) is 5.53. The van der Waals surface area contributed by atoms with Crippen LogP contribution in [0.4, 0.5) is 10.5 Å². The summed E-state index contributed by atoms with van der Waals surface area (Å²) in [5.41, 5.74) is 9.01. The zero-order valence-electron chi connectivity index (χ0n) is 34.9. The highest BCUT2D eigenvalue weighted by Crippen LogP contribution is 2.41. The van der Waals surface area contributed by atoms with Gasteiger partial charge in [-0.2, -0.15) is 0 Å². The van der Waals surface area contributed by atoms with Crippen LogP contribution < -0.4 is 5.32 Å². The Hall–Kier alpha value is -6.12. The minimum Gasteiger partial charge on any atom is -0.466 e. The Morgan fingerprint density at radius 1 is 0.783 bits per heavy atom. The lowest BCUT2D eigenvalue weighted by molar-refractivity contribution is -0.144. The van der Waals surface area contributed by atoms with E-state index >= 15 is 0 Å². The van der Waals surface area contributed by atoms with Crippen LogP contribution in [0.1, 0.15) is 57.0 Å². The predicted octanol–water partition coefficient (Wildman–Crippen LogP) is 6.79. The number of methoxy groups -OCH3 is 4. The molecule has 3 aliphatic rings. The summed E-state index contributed by atoms with van der Waals surface area (Å²) < 4.78 is 20.6. The van der Waals surface area contributed by atoms with Crippen molar-refractivity contribution < 1.29 is 38.1 Å². The number of hydrogen-bond acceptors (Lipinski definition) is 10. The van der Waals surface area contributed by atoms with E-state index < -0.39 is 36.2 Å². The molecular formula is C46H52N6O8. The van der Waals surface area contributed by atoms with Crippen molar-refractivity contribution in [3.8, 4) is 22.3 Å². The predicted molar refractivity (Wildman–Crippen MR) is 228 cm³/mol. The Bertz CT molecular complexity index is 2370. The molecule has 14 heteroatoms. The first-order chi connectivity index (χ1) is 28.9. The number of aromatic nitrogens is 2. The summed E-state index contributed by atoms with van der Waals surface area (Å²) in [6.45, 7) is 12.8. The summed E-state index contributed by atoms with van der Waals surface area (Å²) in [6.07, 6.45) is 1.20. The van der Waals surface area contributed by atoms with Crippen molar-refractivity contribution in [2.24, 2.45) is 10.9 Å². The molecule has 60 heavy (non-hydrogen) atoms. The second-order valence-corrected chi connectivity index (χ2v) is 15.5. The molecule has 4 heterocycles. The first-order valence-electron chi connectivity index (χ1n) is 20.2. The van der Waals surface area contributed by atoms with Crippen LogP contribution in [-0.2, 0) is 33.3 Å². The molecule has 0 unspecified atom stereocenters. The first kappa shape index (κ1) is 42.0. The van der Waals surface area contributed by atoms with Crippen molar-refractivity contribution in [2.45, 2.75) is 69.9 Å². The van der Waals surface area contributed by atoms with E-state index in [9.17, 15) is 19.2 Å². The van der Waals surface area contributed by atoms with Crippen LogP contribution in [0, 0.1) is 5.92 Å². The molecule has 0 radical (unpaired) electrons. The number of imidazole rings is 1. The number of benzene rings is 3. The van der Waals surface area contributed by atoms with Gasteiger partial charge in [-0.15, -0.1) is 0 Å². The minimum atomic E-state index is -0.916. The van der Waals surface area contributed by atoms with Gasteiger partial charge in [0.2, 0.25) is 11.8 Å². The van der Waals surface area contributed by atoms with Crippen molar-refractivity contribution >= 4 is 51.9 Å². The van der Waals surface area contributed by atoms with Gasteiger partial charge >= 0.3 is 12.1 Å². The van der Waals surface area contributed by atoms with Crippen LogP contribution in [0.25, 0.3) is 38.9 Å². The Balaban J connectivity index is 1.08. The summed E-state index contributed by atoms with van der Waals surface area (Å²) in [5, 5.41) is 2.64. The molecule has 3 amide bonds. The number of nitrogens with one attached hydrogen (secondary N) is 2. The van der Waals surface area contributed by atoms with E-state index in [4.69, 9.17) is 28.9 Å². The number of nitrogens with zero attached hydrogens (tertiary/aromatic N) is 4. The summed E-state index contributed by atoms with van der Waals surface area (Å²) in [4.78, 5) is 69.2. The van der Waals surface area contributed by atoms with E-state index in [0.717, 1.165) is 81.5 Å². The molecule has 1 aromatic heterocycles. The normalized spacial score (nSPS) is 19.4. The van der Waals surface area contributed by atoms with Crippen LogP contribution in [0.5, 0.6) is 0 Å². The lowest BCUT2D eigenvalue weighted by Gasteiger charge is -2.31. The number of H-pyrrole nitrogens is 1. The summed E-state index contributed by atoms with van der Waals surface area (Å²) in [6, 6.07) is 19.1. The number of carbonyl (C=O) groups excluding carboxylic acids is 4. The minimum absolute atomic E-state index is 0.0632. The molecule has 3 aromatic carbocycles. The average Bonchev–Trinajstić information content (AvgIpc) is 4.10.